The normalized spacial score (nSPS) is 11.9. The number of ether oxygens (including phenoxy) is 1. The van der Waals surface area contributed by atoms with Crippen LogP contribution >= 0.6 is 0 Å². The van der Waals surface area contributed by atoms with Crippen molar-refractivity contribution in [1.29, 1.82) is 0 Å². The molecule has 2 aromatic carbocycles. The van der Waals surface area contributed by atoms with Crippen LogP contribution in [0.15, 0.2) is 54.6 Å². The average Bonchev–Trinajstić information content (AvgIpc) is 2.52. The number of carboxylic acids is 1. The summed E-state index contributed by atoms with van der Waals surface area (Å²) in [6.45, 7) is 0.532. The average molecular weight is 285 g/mol. The highest BCUT2D eigenvalue weighted by Gasteiger charge is 2.10. The molecule has 0 heterocycles. The van der Waals surface area contributed by atoms with Gasteiger partial charge in [0.05, 0.1) is 0 Å². The van der Waals surface area contributed by atoms with E-state index in [0.29, 0.717) is 19.4 Å². The molecule has 4 nitrogen and oxygen atoms in total. The maximum absolute atomic E-state index is 10.6. The second-order valence-electron chi connectivity index (χ2n) is 4.90. The molecule has 21 heavy (non-hydrogen) atoms. The van der Waals surface area contributed by atoms with Gasteiger partial charge in [-0.3, -0.25) is 4.79 Å². The predicted molar refractivity (Wildman–Crippen MR) is 81.1 cm³/mol. The van der Waals surface area contributed by atoms with E-state index in [9.17, 15) is 4.79 Å². The lowest BCUT2D eigenvalue weighted by Gasteiger charge is -2.08. The van der Waals surface area contributed by atoms with Gasteiger partial charge < -0.3 is 15.6 Å². The molecule has 1 atom stereocenters. The summed E-state index contributed by atoms with van der Waals surface area (Å²) < 4.78 is 5.69. The van der Waals surface area contributed by atoms with Crippen molar-refractivity contribution in [3.63, 3.8) is 0 Å². The summed E-state index contributed by atoms with van der Waals surface area (Å²) in [5.41, 5.74) is 7.66. The highest BCUT2D eigenvalue weighted by molar-refractivity contribution is 5.73. The van der Waals surface area contributed by atoms with E-state index < -0.39 is 12.0 Å². The molecule has 0 aromatic heterocycles. The first-order chi connectivity index (χ1) is 10.1. The van der Waals surface area contributed by atoms with E-state index in [1.807, 2.05) is 54.6 Å². The number of hydrogen-bond donors (Lipinski definition) is 2. The van der Waals surface area contributed by atoms with Crippen molar-refractivity contribution in [2.24, 2.45) is 5.73 Å². The summed E-state index contributed by atoms with van der Waals surface area (Å²) in [7, 11) is 0. The number of rotatable bonds is 7. The summed E-state index contributed by atoms with van der Waals surface area (Å²) >= 11 is 0. The zero-order chi connectivity index (χ0) is 15.1. The Bertz CT molecular complexity index is 566. The van der Waals surface area contributed by atoms with Gasteiger partial charge in [0.2, 0.25) is 0 Å². The molecule has 0 radical (unpaired) electrons. The van der Waals surface area contributed by atoms with Gasteiger partial charge in [-0.2, -0.15) is 0 Å². The fourth-order valence-corrected chi connectivity index (χ4v) is 1.94. The molecule has 4 heteroatoms. The van der Waals surface area contributed by atoms with Gasteiger partial charge in [-0.05, 0) is 36.1 Å². The Hall–Kier alpha value is -2.33. The Morgan fingerprint density at radius 1 is 1.05 bits per heavy atom. The molecule has 0 spiro atoms. The predicted octanol–water partition coefficient (Wildman–Crippen LogP) is 2.61. The third kappa shape index (κ3) is 4.93. The molecular formula is C17H19NO3. The van der Waals surface area contributed by atoms with Crippen molar-refractivity contribution in [3.8, 4) is 5.75 Å². The molecule has 0 aliphatic heterocycles. The molecule has 2 rings (SSSR count). The molecule has 0 amide bonds. The van der Waals surface area contributed by atoms with Gasteiger partial charge in [0.25, 0.3) is 0 Å². The first kappa shape index (κ1) is 15.1. The largest absolute Gasteiger partial charge is 0.489 e. The van der Waals surface area contributed by atoms with Crippen LogP contribution in [-0.2, 0) is 17.8 Å². The zero-order valence-electron chi connectivity index (χ0n) is 11.7. The molecule has 0 aliphatic carbocycles. The molecule has 0 saturated heterocycles. The lowest BCUT2D eigenvalue weighted by atomic mass is 10.1. The molecule has 2 aromatic rings. The lowest BCUT2D eigenvalue weighted by Crippen LogP contribution is -2.30. The van der Waals surface area contributed by atoms with Gasteiger partial charge in [0.1, 0.15) is 18.4 Å². The number of aliphatic carboxylic acids is 1. The van der Waals surface area contributed by atoms with Gasteiger partial charge in [-0.25, -0.2) is 0 Å². The summed E-state index contributed by atoms with van der Waals surface area (Å²) in [4.78, 5) is 10.6. The van der Waals surface area contributed by atoms with Crippen molar-refractivity contribution in [2.75, 3.05) is 0 Å². The fourth-order valence-electron chi connectivity index (χ4n) is 1.94. The Kier molecular flexibility index (Phi) is 5.35. The van der Waals surface area contributed by atoms with E-state index in [2.05, 4.69) is 0 Å². The number of carbonyl (C=O) groups is 1. The summed E-state index contributed by atoms with van der Waals surface area (Å²) in [6, 6.07) is 16.8. The minimum absolute atomic E-state index is 0.430. The van der Waals surface area contributed by atoms with E-state index >= 15 is 0 Å². The molecule has 0 aliphatic rings. The third-order valence-electron chi connectivity index (χ3n) is 3.23. The lowest BCUT2D eigenvalue weighted by molar-refractivity contribution is -0.138. The van der Waals surface area contributed by atoms with Gasteiger partial charge in [-0.15, -0.1) is 0 Å². The van der Waals surface area contributed by atoms with Crippen molar-refractivity contribution in [2.45, 2.75) is 25.5 Å². The molecule has 0 saturated carbocycles. The summed E-state index contributed by atoms with van der Waals surface area (Å²) in [5.74, 6) is -0.164. The van der Waals surface area contributed by atoms with Crippen LogP contribution in [0.25, 0.3) is 0 Å². The van der Waals surface area contributed by atoms with Gasteiger partial charge in [0.15, 0.2) is 0 Å². The van der Waals surface area contributed by atoms with Crippen molar-refractivity contribution in [1.82, 2.24) is 0 Å². The van der Waals surface area contributed by atoms with E-state index in [1.54, 1.807) is 0 Å². The smallest absolute Gasteiger partial charge is 0.320 e. The summed E-state index contributed by atoms with van der Waals surface area (Å²) in [6.07, 6.45) is 1.08. The van der Waals surface area contributed by atoms with Crippen LogP contribution < -0.4 is 10.5 Å². The number of nitrogens with two attached hydrogens (primary N) is 1. The molecular weight excluding hydrogens is 266 g/mol. The standard InChI is InChI=1S/C17H19NO3/c18-16(17(19)20)11-8-13-6-9-15(10-7-13)21-12-14-4-2-1-3-5-14/h1-7,9-10,16H,8,11-12,18H2,(H,19,20). The second kappa shape index (κ2) is 7.45. The van der Waals surface area contributed by atoms with Crippen LogP contribution in [0.5, 0.6) is 5.75 Å². The van der Waals surface area contributed by atoms with Crippen LogP contribution in [-0.4, -0.2) is 17.1 Å². The number of aryl methyl sites for hydroxylation is 1. The van der Waals surface area contributed by atoms with E-state index in [4.69, 9.17) is 15.6 Å². The van der Waals surface area contributed by atoms with Crippen LogP contribution in [0.2, 0.25) is 0 Å². The van der Waals surface area contributed by atoms with E-state index in [-0.39, 0.29) is 0 Å². The minimum atomic E-state index is -0.960. The van der Waals surface area contributed by atoms with E-state index in [0.717, 1.165) is 16.9 Å². The third-order valence-corrected chi connectivity index (χ3v) is 3.23. The number of benzene rings is 2. The fraction of sp³-hybridized carbons (Fsp3) is 0.235. The Morgan fingerprint density at radius 3 is 2.33 bits per heavy atom. The van der Waals surface area contributed by atoms with Crippen LogP contribution in [0.1, 0.15) is 17.5 Å². The zero-order valence-corrected chi connectivity index (χ0v) is 11.7. The quantitative estimate of drug-likeness (QED) is 0.820. The monoisotopic (exact) mass is 285 g/mol. The summed E-state index contributed by atoms with van der Waals surface area (Å²) in [5, 5.41) is 8.74. The van der Waals surface area contributed by atoms with Crippen LogP contribution in [0, 0.1) is 0 Å². The van der Waals surface area contributed by atoms with Gasteiger partial charge in [0, 0.05) is 0 Å². The SMILES string of the molecule is NC(CCc1ccc(OCc2ccccc2)cc1)C(=O)O. The Labute approximate surface area is 124 Å². The second-order valence-corrected chi connectivity index (χ2v) is 4.90. The highest BCUT2D eigenvalue weighted by Crippen LogP contribution is 2.15. The minimum Gasteiger partial charge on any atom is -0.489 e. The maximum Gasteiger partial charge on any atom is 0.320 e. The highest BCUT2D eigenvalue weighted by atomic mass is 16.5. The van der Waals surface area contributed by atoms with Gasteiger partial charge in [-0.1, -0.05) is 42.5 Å². The Balaban J connectivity index is 1.83. The van der Waals surface area contributed by atoms with Crippen molar-refractivity contribution >= 4 is 5.97 Å². The molecule has 3 N–H and O–H groups in total. The molecule has 0 bridgehead atoms. The number of carboxylic acid groups (broad SMARTS) is 1. The van der Waals surface area contributed by atoms with E-state index in [1.165, 1.54) is 0 Å². The first-order valence-electron chi connectivity index (χ1n) is 6.89. The molecule has 1 unspecified atom stereocenters. The van der Waals surface area contributed by atoms with Crippen LogP contribution in [0.4, 0.5) is 0 Å². The van der Waals surface area contributed by atoms with Crippen molar-refractivity contribution < 1.29 is 14.6 Å². The van der Waals surface area contributed by atoms with Gasteiger partial charge >= 0.3 is 5.97 Å². The Morgan fingerprint density at radius 2 is 1.71 bits per heavy atom. The van der Waals surface area contributed by atoms with Crippen LogP contribution in [0.3, 0.4) is 0 Å². The number of hydrogen-bond acceptors (Lipinski definition) is 3. The molecule has 0 fully saturated rings. The first-order valence-corrected chi connectivity index (χ1v) is 6.89. The van der Waals surface area contributed by atoms with Crippen molar-refractivity contribution in [3.05, 3.63) is 65.7 Å². The molecule has 110 valence electrons. The maximum atomic E-state index is 10.6. The topological polar surface area (TPSA) is 72.5 Å².